The lowest BCUT2D eigenvalue weighted by atomic mass is 9.88. The molecule has 0 spiro atoms. The lowest BCUT2D eigenvalue weighted by molar-refractivity contribution is -0.142. The Morgan fingerprint density at radius 2 is 1.89 bits per heavy atom. The Morgan fingerprint density at radius 1 is 1.16 bits per heavy atom. The number of allylic oxidation sites excluding steroid dienone is 1. The zero-order chi connectivity index (χ0) is 13.0. The van der Waals surface area contributed by atoms with Crippen molar-refractivity contribution in [2.24, 2.45) is 22.7 Å². The summed E-state index contributed by atoms with van der Waals surface area (Å²) in [6.07, 6.45) is 5.35. The van der Waals surface area contributed by atoms with Gasteiger partial charge in [0, 0.05) is 16.5 Å². The van der Waals surface area contributed by atoms with Crippen molar-refractivity contribution in [2.45, 2.75) is 12.5 Å². The highest BCUT2D eigenvalue weighted by molar-refractivity contribution is 6.30. The summed E-state index contributed by atoms with van der Waals surface area (Å²) in [6, 6.07) is 7.28. The van der Waals surface area contributed by atoms with Crippen LogP contribution in [0.15, 0.2) is 41.4 Å². The molecule has 1 aromatic carbocycles. The molecular weight excluding hydrogens is 262 g/mol. The fourth-order valence-corrected chi connectivity index (χ4v) is 3.46. The van der Waals surface area contributed by atoms with E-state index in [1.165, 1.54) is 0 Å². The number of fused-ring (bicyclic) bond motifs is 5. The van der Waals surface area contributed by atoms with Gasteiger partial charge in [-0.3, -0.25) is 4.79 Å². The number of cyclic esters (lactones) is 1. The second-order valence-corrected chi connectivity index (χ2v) is 5.76. The average molecular weight is 274 g/mol. The van der Waals surface area contributed by atoms with Crippen molar-refractivity contribution in [3.05, 3.63) is 47.0 Å². The van der Waals surface area contributed by atoms with Gasteiger partial charge in [-0.05, 0) is 36.6 Å². The van der Waals surface area contributed by atoms with Crippen LogP contribution in [-0.2, 0) is 9.53 Å². The number of hydrogen-bond acceptors (Lipinski definition) is 3. The molecule has 2 aliphatic carbocycles. The van der Waals surface area contributed by atoms with Crippen molar-refractivity contribution in [3.63, 3.8) is 0 Å². The normalized spacial score (nSPS) is 35.0. The Labute approximate surface area is 115 Å². The predicted octanol–water partition coefficient (Wildman–Crippen LogP) is 2.83. The van der Waals surface area contributed by atoms with Crippen molar-refractivity contribution in [1.82, 2.24) is 0 Å². The first kappa shape index (κ1) is 11.2. The molecule has 0 N–H and O–H groups in total. The van der Waals surface area contributed by atoms with Gasteiger partial charge in [0.1, 0.15) is 0 Å². The van der Waals surface area contributed by atoms with E-state index in [2.05, 4.69) is 17.1 Å². The van der Waals surface area contributed by atoms with Crippen LogP contribution in [0.5, 0.6) is 0 Å². The molecule has 0 amide bonds. The minimum Gasteiger partial charge on any atom is -0.407 e. The standard InChI is InChI=1S/C15H12ClNO2/c16-11-5-3-8(4-6-11)14-17-13-10-2-1-9(7-10)12(13)15(18)19-14/h1-6,9-10,12-13H,7H2/t9-,10+,12-,13+/m0/s1. The summed E-state index contributed by atoms with van der Waals surface area (Å²) in [4.78, 5) is 16.8. The predicted molar refractivity (Wildman–Crippen MR) is 72.1 cm³/mol. The maximum Gasteiger partial charge on any atom is 0.318 e. The van der Waals surface area contributed by atoms with E-state index < -0.39 is 0 Å². The molecule has 4 atom stereocenters. The van der Waals surface area contributed by atoms with Crippen LogP contribution in [0.25, 0.3) is 0 Å². The highest BCUT2D eigenvalue weighted by Crippen LogP contribution is 2.47. The number of aliphatic imine (C=N–C) groups is 1. The van der Waals surface area contributed by atoms with Gasteiger partial charge in [-0.1, -0.05) is 23.8 Å². The van der Waals surface area contributed by atoms with E-state index in [0.717, 1.165) is 12.0 Å². The van der Waals surface area contributed by atoms with Crippen LogP contribution in [0, 0.1) is 17.8 Å². The third kappa shape index (κ3) is 1.65. The van der Waals surface area contributed by atoms with E-state index in [1.807, 2.05) is 12.1 Å². The van der Waals surface area contributed by atoms with Crippen LogP contribution < -0.4 is 0 Å². The Bertz CT molecular complexity index is 605. The number of nitrogens with zero attached hydrogens (tertiary/aromatic N) is 1. The maximum absolute atomic E-state index is 12.2. The summed E-state index contributed by atoms with van der Waals surface area (Å²) in [7, 11) is 0. The van der Waals surface area contributed by atoms with Gasteiger partial charge in [-0.25, -0.2) is 4.99 Å². The van der Waals surface area contributed by atoms with Crippen LogP contribution in [0.2, 0.25) is 5.02 Å². The highest BCUT2D eigenvalue weighted by Gasteiger charge is 2.51. The van der Waals surface area contributed by atoms with Crippen LogP contribution >= 0.6 is 11.6 Å². The molecular formula is C15H12ClNO2. The summed E-state index contributed by atoms with van der Waals surface area (Å²) in [5, 5.41) is 0.659. The van der Waals surface area contributed by atoms with Gasteiger partial charge in [0.2, 0.25) is 5.90 Å². The molecule has 96 valence electrons. The van der Waals surface area contributed by atoms with Crippen molar-refractivity contribution in [3.8, 4) is 0 Å². The van der Waals surface area contributed by atoms with Crippen molar-refractivity contribution in [1.29, 1.82) is 0 Å². The summed E-state index contributed by atoms with van der Waals surface area (Å²) in [6.45, 7) is 0. The molecule has 4 heteroatoms. The first-order valence-electron chi connectivity index (χ1n) is 6.46. The summed E-state index contributed by atoms with van der Waals surface area (Å²) in [5.41, 5.74) is 0.808. The molecule has 0 radical (unpaired) electrons. The topological polar surface area (TPSA) is 38.7 Å². The van der Waals surface area contributed by atoms with Crippen molar-refractivity contribution < 1.29 is 9.53 Å². The summed E-state index contributed by atoms with van der Waals surface area (Å²) in [5.74, 6) is 0.930. The maximum atomic E-state index is 12.2. The van der Waals surface area contributed by atoms with Crippen molar-refractivity contribution in [2.75, 3.05) is 0 Å². The smallest absolute Gasteiger partial charge is 0.318 e. The van der Waals surface area contributed by atoms with Gasteiger partial charge in [0.15, 0.2) is 0 Å². The number of carbonyl (C=O) groups excluding carboxylic acids is 1. The molecule has 19 heavy (non-hydrogen) atoms. The van der Waals surface area contributed by atoms with E-state index >= 15 is 0 Å². The number of carbonyl (C=O) groups is 1. The number of benzene rings is 1. The Balaban J connectivity index is 1.73. The monoisotopic (exact) mass is 273 g/mol. The largest absolute Gasteiger partial charge is 0.407 e. The summed E-state index contributed by atoms with van der Waals surface area (Å²) < 4.78 is 5.41. The number of hydrogen-bond donors (Lipinski definition) is 0. The second kappa shape index (κ2) is 3.94. The van der Waals surface area contributed by atoms with E-state index in [-0.39, 0.29) is 17.9 Å². The average Bonchev–Trinajstić information content (AvgIpc) is 3.00. The number of esters is 1. The van der Waals surface area contributed by atoms with Gasteiger partial charge in [-0.15, -0.1) is 0 Å². The Morgan fingerprint density at radius 3 is 2.68 bits per heavy atom. The van der Waals surface area contributed by atoms with Crippen LogP contribution in [0.3, 0.4) is 0 Å². The van der Waals surface area contributed by atoms with E-state index in [1.54, 1.807) is 12.1 Å². The number of ether oxygens (including phenoxy) is 1. The van der Waals surface area contributed by atoms with E-state index in [4.69, 9.17) is 16.3 Å². The molecule has 1 aliphatic heterocycles. The fourth-order valence-electron chi connectivity index (χ4n) is 3.34. The lowest BCUT2D eigenvalue weighted by Gasteiger charge is -2.28. The van der Waals surface area contributed by atoms with Gasteiger partial charge in [0.05, 0.1) is 12.0 Å². The lowest BCUT2D eigenvalue weighted by Crippen LogP contribution is -2.38. The second-order valence-electron chi connectivity index (χ2n) is 5.33. The number of halogens is 1. The molecule has 3 aliphatic rings. The molecule has 1 saturated carbocycles. The van der Waals surface area contributed by atoms with Gasteiger partial charge >= 0.3 is 5.97 Å². The van der Waals surface area contributed by atoms with Crippen molar-refractivity contribution >= 4 is 23.5 Å². The third-order valence-electron chi connectivity index (χ3n) is 4.24. The minimum absolute atomic E-state index is 0.0573. The molecule has 1 heterocycles. The minimum atomic E-state index is -0.137. The molecule has 0 saturated heterocycles. The Kier molecular flexibility index (Phi) is 2.33. The first-order valence-corrected chi connectivity index (χ1v) is 6.84. The molecule has 4 rings (SSSR count). The zero-order valence-electron chi connectivity index (χ0n) is 10.1. The molecule has 0 unspecified atom stereocenters. The number of rotatable bonds is 1. The quantitative estimate of drug-likeness (QED) is 0.583. The van der Waals surface area contributed by atoms with E-state index in [9.17, 15) is 4.79 Å². The van der Waals surface area contributed by atoms with Gasteiger partial charge < -0.3 is 4.74 Å². The van der Waals surface area contributed by atoms with E-state index in [0.29, 0.717) is 22.8 Å². The molecule has 2 bridgehead atoms. The fraction of sp³-hybridized carbons (Fsp3) is 0.333. The highest BCUT2D eigenvalue weighted by atomic mass is 35.5. The van der Waals surface area contributed by atoms with Crippen LogP contribution in [0.4, 0.5) is 0 Å². The van der Waals surface area contributed by atoms with Crippen LogP contribution in [-0.4, -0.2) is 17.9 Å². The third-order valence-corrected chi connectivity index (χ3v) is 4.50. The summed E-state index contributed by atoms with van der Waals surface area (Å²) >= 11 is 5.86. The molecule has 1 aromatic rings. The molecule has 3 nitrogen and oxygen atoms in total. The van der Waals surface area contributed by atoms with Gasteiger partial charge in [0.25, 0.3) is 0 Å². The Hall–Kier alpha value is -1.61. The van der Waals surface area contributed by atoms with Gasteiger partial charge in [-0.2, -0.15) is 0 Å². The SMILES string of the molecule is O=C1OC(c2ccc(Cl)cc2)=N[C@H]2[C@@H]1[C@H]1C=C[C@@H]2C1. The van der Waals surface area contributed by atoms with Crippen LogP contribution in [0.1, 0.15) is 12.0 Å². The molecule has 1 fully saturated rings. The molecule has 0 aromatic heterocycles. The zero-order valence-corrected chi connectivity index (χ0v) is 10.9. The first-order chi connectivity index (χ1) is 9.22.